The van der Waals surface area contributed by atoms with Crippen LogP contribution in [0.25, 0.3) is 0 Å². The van der Waals surface area contributed by atoms with E-state index in [1.165, 1.54) is 16.7 Å². The van der Waals surface area contributed by atoms with Crippen LogP contribution in [0.2, 0.25) is 5.02 Å². The van der Waals surface area contributed by atoms with Crippen molar-refractivity contribution in [1.82, 2.24) is 9.80 Å². The Bertz CT molecular complexity index is 1200. The number of aryl methyl sites for hydroxylation is 1. The molecule has 4 nitrogen and oxygen atoms in total. The zero-order valence-electron chi connectivity index (χ0n) is 24.6. The predicted molar refractivity (Wildman–Crippen MR) is 166 cm³/mol. The molecule has 0 radical (unpaired) electrons. The van der Waals surface area contributed by atoms with Crippen molar-refractivity contribution in [3.63, 3.8) is 0 Å². The molecule has 4 rings (SSSR count). The summed E-state index contributed by atoms with van der Waals surface area (Å²) in [4.78, 5) is 7.57. The number of hydrogen-bond donors (Lipinski definition) is 1. The summed E-state index contributed by atoms with van der Waals surface area (Å²) in [6.07, 6.45) is 1.07. The van der Waals surface area contributed by atoms with E-state index in [0.29, 0.717) is 11.8 Å². The summed E-state index contributed by atoms with van der Waals surface area (Å²) in [5.41, 5.74) is 5.70. The molecule has 1 unspecified atom stereocenters. The van der Waals surface area contributed by atoms with Crippen molar-refractivity contribution < 1.29 is 5.11 Å². The highest BCUT2D eigenvalue weighted by atomic mass is 35.5. The molecule has 0 amide bonds. The predicted octanol–water partition coefficient (Wildman–Crippen LogP) is 7.66. The third kappa shape index (κ3) is 7.36. The maximum Gasteiger partial charge on any atom is 0.142 e. The molecule has 0 bridgehead atoms. The lowest BCUT2D eigenvalue weighted by Gasteiger charge is -2.40. The number of phenols is 1. The number of phenolic OH excluding ortho intramolecular Hbond substituents is 1. The lowest BCUT2D eigenvalue weighted by atomic mass is 9.85. The molecule has 1 N–H and O–H groups in total. The summed E-state index contributed by atoms with van der Waals surface area (Å²) in [6.45, 7) is 19.2. The summed E-state index contributed by atoms with van der Waals surface area (Å²) in [6, 6.07) is 24.0. The third-order valence-corrected chi connectivity index (χ3v) is 8.17. The van der Waals surface area contributed by atoms with E-state index in [2.05, 4.69) is 111 Å². The fourth-order valence-electron chi connectivity index (χ4n) is 5.81. The van der Waals surface area contributed by atoms with E-state index in [-0.39, 0.29) is 11.5 Å². The Labute approximate surface area is 241 Å². The molecule has 1 aliphatic rings. The summed E-state index contributed by atoms with van der Waals surface area (Å²) >= 11 is 6.20. The van der Waals surface area contributed by atoms with Gasteiger partial charge in [-0.1, -0.05) is 80.9 Å². The largest absolute Gasteiger partial charge is 0.505 e. The van der Waals surface area contributed by atoms with Gasteiger partial charge in [-0.3, -0.25) is 4.90 Å². The second-order valence-corrected chi connectivity index (χ2v) is 12.7. The van der Waals surface area contributed by atoms with Crippen molar-refractivity contribution in [2.75, 3.05) is 44.2 Å². The minimum atomic E-state index is -0.100. The monoisotopic (exact) mass is 547 g/mol. The van der Waals surface area contributed by atoms with Crippen molar-refractivity contribution in [2.24, 2.45) is 0 Å². The number of nitrogens with zero attached hydrogens (tertiary/aromatic N) is 3. The number of benzene rings is 3. The number of aromatic hydroxyl groups is 1. The molecule has 0 aromatic heterocycles. The normalized spacial score (nSPS) is 16.0. The molecule has 1 atom stereocenters. The zero-order valence-corrected chi connectivity index (χ0v) is 25.4. The molecular formula is C34H46ClN3O. The number of anilines is 1. The SMILES string of the molecule is Cc1cc(N(CCCN2CCN(C(c3ccccc3)c3ccc(Cl)cc3)CC2)C(C)C)c(O)c(C(C)(C)C)c1. The zero-order chi connectivity index (χ0) is 28.2. The van der Waals surface area contributed by atoms with Crippen molar-refractivity contribution in [1.29, 1.82) is 0 Å². The van der Waals surface area contributed by atoms with E-state index in [1.807, 2.05) is 12.1 Å². The molecule has 0 spiro atoms. The van der Waals surface area contributed by atoms with Gasteiger partial charge in [0.1, 0.15) is 5.75 Å². The molecule has 0 saturated carbocycles. The van der Waals surface area contributed by atoms with Crippen LogP contribution < -0.4 is 4.90 Å². The first-order valence-corrected chi connectivity index (χ1v) is 14.8. The molecule has 1 heterocycles. The van der Waals surface area contributed by atoms with Crippen LogP contribution in [-0.2, 0) is 5.41 Å². The summed E-state index contributed by atoms with van der Waals surface area (Å²) in [7, 11) is 0. The van der Waals surface area contributed by atoms with Gasteiger partial charge in [-0.25, -0.2) is 0 Å². The van der Waals surface area contributed by atoms with E-state index < -0.39 is 0 Å². The minimum absolute atomic E-state index is 0.100. The van der Waals surface area contributed by atoms with Gasteiger partial charge in [0.05, 0.1) is 11.7 Å². The maximum atomic E-state index is 11.2. The topological polar surface area (TPSA) is 30.0 Å². The first kappa shape index (κ1) is 29.5. The van der Waals surface area contributed by atoms with Crippen molar-refractivity contribution >= 4 is 17.3 Å². The Hall–Kier alpha value is -2.53. The summed E-state index contributed by atoms with van der Waals surface area (Å²) < 4.78 is 0. The van der Waals surface area contributed by atoms with Crippen LogP contribution >= 0.6 is 11.6 Å². The molecule has 3 aromatic carbocycles. The number of rotatable bonds is 9. The van der Waals surface area contributed by atoms with Crippen molar-refractivity contribution in [2.45, 2.75) is 65.5 Å². The van der Waals surface area contributed by atoms with Gasteiger partial charge in [-0.2, -0.15) is 0 Å². The molecule has 1 aliphatic heterocycles. The molecule has 3 aromatic rings. The molecule has 39 heavy (non-hydrogen) atoms. The molecule has 5 heteroatoms. The quantitative estimate of drug-likeness (QED) is 0.298. The van der Waals surface area contributed by atoms with E-state index >= 15 is 0 Å². The lowest BCUT2D eigenvalue weighted by Crippen LogP contribution is -2.48. The first-order chi connectivity index (χ1) is 18.5. The number of halogens is 1. The Balaban J connectivity index is 1.39. The van der Waals surface area contributed by atoms with Gasteiger partial charge >= 0.3 is 0 Å². The molecule has 0 aliphatic carbocycles. The molecule has 210 valence electrons. The van der Waals surface area contributed by atoms with Gasteiger partial charge in [0.25, 0.3) is 0 Å². The van der Waals surface area contributed by atoms with Gasteiger partial charge in [0.15, 0.2) is 0 Å². The average molecular weight is 548 g/mol. The van der Waals surface area contributed by atoms with Crippen LogP contribution in [0.3, 0.4) is 0 Å². The van der Waals surface area contributed by atoms with Crippen LogP contribution in [0.1, 0.15) is 69.3 Å². The van der Waals surface area contributed by atoms with E-state index in [0.717, 1.165) is 62.0 Å². The lowest BCUT2D eigenvalue weighted by molar-refractivity contribution is 0.109. The fraction of sp³-hybridized carbons (Fsp3) is 0.471. The second-order valence-electron chi connectivity index (χ2n) is 12.3. The van der Waals surface area contributed by atoms with Crippen LogP contribution in [0, 0.1) is 6.92 Å². The Morgan fingerprint density at radius 1 is 0.897 bits per heavy atom. The van der Waals surface area contributed by atoms with Crippen LogP contribution in [-0.4, -0.2) is 60.2 Å². The van der Waals surface area contributed by atoms with Crippen molar-refractivity contribution in [3.05, 3.63) is 94.0 Å². The average Bonchev–Trinajstić information content (AvgIpc) is 2.90. The summed E-state index contributed by atoms with van der Waals surface area (Å²) in [5.74, 6) is 0.435. The molecule has 1 fully saturated rings. The Morgan fingerprint density at radius 2 is 1.51 bits per heavy atom. The smallest absolute Gasteiger partial charge is 0.142 e. The van der Waals surface area contributed by atoms with Crippen LogP contribution in [0.4, 0.5) is 5.69 Å². The van der Waals surface area contributed by atoms with Crippen LogP contribution in [0.15, 0.2) is 66.7 Å². The number of hydrogen-bond acceptors (Lipinski definition) is 4. The second kappa shape index (κ2) is 12.8. The summed E-state index contributed by atoms with van der Waals surface area (Å²) in [5, 5.41) is 12.0. The van der Waals surface area contributed by atoms with Crippen molar-refractivity contribution in [3.8, 4) is 5.75 Å². The molecular weight excluding hydrogens is 502 g/mol. The van der Waals surface area contributed by atoms with E-state index in [4.69, 9.17) is 11.6 Å². The third-order valence-electron chi connectivity index (χ3n) is 7.92. The highest BCUT2D eigenvalue weighted by Gasteiger charge is 2.27. The number of piperazine rings is 1. The Morgan fingerprint density at radius 3 is 2.10 bits per heavy atom. The van der Waals surface area contributed by atoms with Gasteiger partial charge in [0, 0.05) is 49.4 Å². The van der Waals surface area contributed by atoms with Gasteiger partial charge < -0.3 is 14.9 Å². The molecule has 1 saturated heterocycles. The van der Waals surface area contributed by atoms with E-state index in [1.54, 1.807) is 0 Å². The standard InChI is InChI=1S/C34H46ClN3O/c1-25(2)38(31-24-26(3)23-30(33(31)39)34(4,5)6)18-10-17-36-19-21-37(22-20-36)32(27-11-8-7-9-12-27)28-13-15-29(35)16-14-28/h7-9,11-16,23-25,32,39H,10,17-22H2,1-6H3. The first-order valence-electron chi connectivity index (χ1n) is 14.4. The van der Waals surface area contributed by atoms with Gasteiger partial charge in [0.2, 0.25) is 0 Å². The minimum Gasteiger partial charge on any atom is -0.505 e. The highest BCUT2D eigenvalue weighted by Crippen LogP contribution is 2.40. The maximum absolute atomic E-state index is 11.2. The van der Waals surface area contributed by atoms with Crippen LogP contribution in [0.5, 0.6) is 5.75 Å². The van der Waals surface area contributed by atoms with Gasteiger partial charge in [-0.15, -0.1) is 0 Å². The Kier molecular flexibility index (Phi) is 9.64. The fourth-order valence-corrected chi connectivity index (χ4v) is 5.94. The highest BCUT2D eigenvalue weighted by molar-refractivity contribution is 6.30. The van der Waals surface area contributed by atoms with E-state index in [9.17, 15) is 5.11 Å². The van der Waals surface area contributed by atoms with Gasteiger partial charge in [-0.05, 0) is 74.0 Å².